The highest BCUT2D eigenvalue weighted by molar-refractivity contribution is 7.20. The molecule has 0 saturated heterocycles. The van der Waals surface area contributed by atoms with Gasteiger partial charge in [-0.15, -0.1) is 0 Å². The van der Waals surface area contributed by atoms with Crippen molar-refractivity contribution in [1.29, 1.82) is 0 Å². The molecule has 0 N–H and O–H groups in total. The summed E-state index contributed by atoms with van der Waals surface area (Å²) in [4.78, 5) is 5.41. The number of benzene rings is 10. The number of imidazole rings is 2. The molecule has 0 unspecified atom stereocenters. The van der Waals surface area contributed by atoms with Crippen LogP contribution >= 0.6 is 0 Å². The van der Waals surface area contributed by atoms with Crippen LogP contribution in [0, 0.1) is 0 Å². The number of nitrogens with zero attached hydrogens (tertiary/aromatic N) is 5. The minimum Gasteiger partial charge on any atom is -0.309 e. The van der Waals surface area contributed by atoms with Gasteiger partial charge in [0.25, 0.3) is 0 Å². The van der Waals surface area contributed by atoms with Crippen LogP contribution in [0.1, 0.15) is 0 Å². The molecule has 0 saturated carbocycles. The lowest BCUT2D eigenvalue weighted by Crippen LogP contribution is -2.74. The highest BCUT2D eigenvalue weighted by atomic mass is 28.3. The molecular weight excluding hydrogens is 831 g/mol. The maximum absolute atomic E-state index is 5.41. The SMILES string of the molecule is c1ccc([Si](c2ccccc2)(c2ccccc2)c2ccc3c(c2)c2ccccc2n3-c2ccccc2-n2c3ccc(-n4c5ccccc5c5ccccc54)cc3n3c4ccccc4nc23)cc1. The summed E-state index contributed by atoms with van der Waals surface area (Å²) < 4.78 is 9.58. The van der Waals surface area contributed by atoms with Crippen molar-refractivity contribution < 1.29 is 0 Å². The van der Waals surface area contributed by atoms with Crippen LogP contribution in [0.3, 0.4) is 0 Å². The Balaban J connectivity index is 1.03. The average molecular weight is 872 g/mol. The third kappa shape index (κ3) is 5.39. The first-order valence-corrected chi connectivity index (χ1v) is 25.0. The highest BCUT2D eigenvalue weighted by Gasteiger charge is 2.41. The van der Waals surface area contributed by atoms with Gasteiger partial charge in [0.05, 0.1) is 55.5 Å². The molecule has 4 aromatic heterocycles. The Kier molecular flexibility index (Phi) is 8.23. The van der Waals surface area contributed by atoms with E-state index in [0.29, 0.717) is 0 Å². The standard InChI is InChI=1S/C61H41N5Si/c1-4-20-43(21-5-1)67(44-22-6-2-7-23-44,45-24-8-3-9-25-45)46-37-39-55-50(41-46)49-28-12-16-32-54(49)64(55)57-34-18-19-35-58(57)66-59-38-36-42(40-60(59)65-56-33-17-13-29-51(56)62-61(65)66)63-52-30-14-10-26-47(52)48-27-11-15-31-53(48)63/h1-41H. The van der Waals surface area contributed by atoms with Crippen molar-refractivity contribution in [3.05, 3.63) is 249 Å². The van der Waals surface area contributed by atoms with Gasteiger partial charge in [0, 0.05) is 27.2 Å². The van der Waals surface area contributed by atoms with Crippen molar-refractivity contribution in [2.75, 3.05) is 0 Å². The molecule has 67 heavy (non-hydrogen) atoms. The van der Waals surface area contributed by atoms with Gasteiger partial charge in [0.1, 0.15) is 0 Å². The van der Waals surface area contributed by atoms with Crippen LogP contribution in [0.5, 0.6) is 0 Å². The fraction of sp³-hybridized carbons (Fsp3) is 0. The maximum atomic E-state index is 5.41. The predicted molar refractivity (Wildman–Crippen MR) is 282 cm³/mol. The Labute approximate surface area is 387 Å². The van der Waals surface area contributed by atoms with Crippen molar-refractivity contribution in [3.63, 3.8) is 0 Å². The van der Waals surface area contributed by atoms with Gasteiger partial charge >= 0.3 is 0 Å². The summed E-state index contributed by atoms with van der Waals surface area (Å²) in [6.07, 6.45) is 0. The van der Waals surface area contributed by atoms with Gasteiger partial charge in [-0.25, -0.2) is 4.98 Å². The third-order valence-corrected chi connectivity index (χ3v) is 18.9. The van der Waals surface area contributed by atoms with E-state index in [9.17, 15) is 0 Å². The van der Waals surface area contributed by atoms with Crippen LogP contribution in [0.15, 0.2) is 249 Å². The van der Waals surface area contributed by atoms with Crippen molar-refractivity contribution in [2.24, 2.45) is 0 Å². The van der Waals surface area contributed by atoms with Crippen molar-refractivity contribution in [3.8, 4) is 17.1 Å². The minimum absolute atomic E-state index is 0.871. The second-order valence-electron chi connectivity index (χ2n) is 17.5. The van der Waals surface area contributed by atoms with Gasteiger partial charge in [-0.2, -0.15) is 0 Å². The van der Waals surface area contributed by atoms with Crippen LogP contribution in [0.2, 0.25) is 0 Å². The van der Waals surface area contributed by atoms with E-state index in [1.54, 1.807) is 0 Å². The molecule has 0 aliphatic heterocycles. The molecule has 314 valence electrons. The van der Waals surface area contributed by atoms with E-state index in [1.165, 1.54) is 53.3 Å². The first kappa shape index (κ1) is 37.6. The van der Waals surface area contributed by atoms with Gasteiger partial charge in [-0.05, 0) is 87.5 Å². The number of para-hydroxylation sites is 7. The second kappa shape index (κ2) is 14.7. The Morgan fingerprint density at radius 2 is 0.731 bits per heavy atom. The van der Waals surface area contributed by atoms with E-state index >= 15 is 0 Å². The molecule has 0 bridgehead atoms. The summed E-state index contributed by atoms with van der Waals surface area (Å²) in [6, 6.07) is 91.5. The van der Waals surface area contributed by atoms with E-state index < -0.39 is 8.07 Å². The number of aromatic nitrogens is 5. The van der Waals surface area contributed by atoms with Crippen molar-refractivity contribution >= 4 is 100 Å². The maximum Gasteiger partial charge on any atom is 0.220 e. The largest absolute Gasteiger partial charge is 0.309 e. The zero-order chi connectivity index (χ0) is 44.1. The molecule has 0 fully saturated rings. The number of hydrogen-bond donors (Lipinski definition) is 0. The number of rotatable bonds is 7. The molecule has 14 aromatic rings. The van der Waals surface area contributed by atoms with Crippen LogP contribution < -0.4 is 20.7 Å². The molecule has 5 nitrogen and oxygen atoms in total. The van der Waals surface area contributed by atoms with Gasteiger partial charge in [-0.1, -0.05) is 182 Å². The normalized spacial score (nSPS) is 12.2. The quantitative estimate of drug-likeness (QED) is 0.116. The monoisotopic (exact) mass is 871 g/mol. The fourth-order valence-electron chi connectivity index (χ4n) is 11.3. The van der Waals surface area contributed by atoms with E-state index in [-0.39, 0.29) is 0 Å². The van der Waals surface area contributed by atoms with Crippen LogP contribution in [0.4, 0.5) is 0 Å². The molecule has 10 aromatic carbocycles. The lowest BCUT2D eigenvalue weighted by atomic mass is 10.1. The first-order valence-electron chi connectivity index (χ1n) is 23.0. The highest BCUT2D eigenvalue weighted by Crippen LogP contribution is 2.39. The molecule has 0 radical (unpaired) electrons. The Hall–Kier alpha value is -8.71. The molecule has 0 amide bonds. The summed E-state index contributed by atoms with van der Waals surface area (Å²) in [5.41, 5.74) is 12.1. The van der Waals surface area contributed by atoms with E-state index in [2.05, 4.69) is 267 Å². The smallest absolute Gasteiger partial charge is 0.220 e. The summed E-state index contributed by atoms with van der Waals surface area (Å²) in [5.74, 6) is 0.871. The summed E-state index contributed by atoms with van der Waals surface area (Å²) in [5, 5.41) is 10.4. The van der Waals surface area contributed by atoms with Gasteiger partial charge in [0.2, 0.25) is 5.78 Å². The Bertz CT molecular complexity index is 4070. The molecule has 0 aliphatic rings. The second-order valence-corrected chi connectivity index (χ2v) is 21.3. The van der Waals surface area contributed by atoms with Gasteiger partial charge in [-0.3, -0.25) is 8.97 Å². The topological polar surface area (TPSA) is 32.1 Å². The van der Waals surface area contributed by atoms with Crippen LogP contribution in [0.25, 0.3) is 88.5 Å². The molecule has 14 rings (SSSR count). The Morgan fingerprint density at radius 3 is 1.33 bits per heavy atom. The zero-order valence-corrected chi connectivity index (χ0v) is 37.4. The number of hydrogen-bond acceptors (Lipinski definition) is 1. The van der Waals surface area contributed by atoms with E-state index in [0.717, 1.165) is 55.9 Å². The Morgan fingerprint density at radius 1 is 0.284 bits per heavy atom. The predicted octanol–water partition coefficient (Wildman–Crippen LogP) is 12.0. The van der Waals surface area contributed by atoms with Gasteiger partial charge in [0.15, 0.2) is 8.07 Å². The zero-order valence-electron chi connectivity index (χ0n) is 36.4. The summed E-state index contributed by atoms with van der Waals surface area (Å²) in [7, 11) is -2.79. The summed E-state index contributed by atoms with van der Waals surface area (Å²) in [6.45, 7) is 0. The van der Waals surface area contributed by atoms with Crippen molar-refractivity contribution in [2.45, 2.75) is 0 Å². The minimum atomic E-state index is -2.79. The first-order chi connectivity index (χ1) is 33.3. The molecule has 6 heteroatoms. The molecule has 0 aliphatic carbocycles. The molecule has 0 atom stereocenters. The fourth-order valence-corrected chi connectivity index (χ4v) is 16.1. The number of fused-ring (bicyclic) bond motifs is 11. The van der Waals surface area contributed by atoms with Gasteiger partial charge < -0.3 is 9.13 Å². The molecule has 0 spiro atoms. The van der Waals surface area contributed by atoms with Crippen LogP contribution in [-0.4, -0.2) is 31.2 Å². The lowest BCUT2D eigenvalue weighted by molar-refractivity contribution is 1.06. The van der Waals surface area contributed by atoms with Crippen molar-refractivity contribution in [1.82, 2.24) is 23.1 Å². The molecule has 4 heterocycles. The average Bonchev–Trinajstić information content (AvgIpc) is 4.13. The lowest BCUT2D eigenvalue weighted by Gasteiger charge is -2.34. The third-order valence-electron chi connectivity index (χ3n) is 14.1. The van der Waals surface area contributed by atoms with E-state index in [1.807, 2.05) is 0 Å². The van der Waals surface area contributed by atoms with Crippen LogP contribution in [-0.2, 0) is 0 Å². The molecular formula is C61H41N5Si. The van der Waals surface area contributed by atoms with E-state index in [4.69, 9.17) is 4.98 Å². The summed E-state index contributed by atoms with van der Waals surface area (Å²) >= 11 is 0.